The Morgan fingerprint density at radius 3 is 2.21 bits per heavy atom. The lowest BCUT2D eigenvalue weighted by Gasteiger charge is -2.20. The van der Waals surface area contributed by atoms with E-state index in [-0.39, 0.29) is 11.4 Å². The van der Waals surface area contributed by atoms with Gasteiger partial charge in [0, 0.05) is 18.4 Å². The molecule has 0 saturated heterocycles. The lowest BCUT2D eigenvalue weighted by molar-refractivity contribution is 0.0697. The SMILES string of the molecule is Cc1cc(N(C)c2ccc(C(=O)O)cc2)ccc1F. The van der Waals surface area contributed by atoms with Crippen molar-refractivity contribution in [1.82, 2.24) is 0 Å². The summed E-state index contributed by atoms with van der Waals surface area (Å²) in [4.78, 5) is 12.7. The van der Waals surface area contributed by atoms with E-state index in [0.29, 0.717) is 5.56 Å². The van der Waals surface area contributed by atoms with Gasteiger partial charge in [-0.15, -0.1) is 0 Å². The van der Waals surface area contributed by atoms with Crippen molar-refractivity contribution in [2.24, 2.45) is 0 Å². The number of aryl methyl sites for hydroxylation is 1. The third-order valence-electron chi connectivity index (χ3n) is 3.03. The van der Waals surface area contributed by atoms with Crippen LogP contribution in [-0.2, 0) is 0 Å². The molecule has 0 radical (unpaired) electrons. The van der Waals surface area contributed by atoms with Gasteiger partial charge in [0.15, 0.2) is 0 Å². The third-order valence-corrected chi connectivity index (χ3v) is 3.03. The Morgan fingerprint density at radius 2 is 1.68 bits per heavy atom. The minimum Gasteiger partial charge on any atom is -0.478 e. The minimum absolute atomic E-state index is 0.238. The number of halogens is 1. The van der Waals surface area contributed by atoms with Gasteiger partial charge in [-0.25, -0.2) is 9.18 Å². The summed E-state index contributed by atoms with van der Waals surface area (Å²) in [7, 11) is 1.85. The predicted molar refractivity (Wildman–Crippen MR) is 72.6 cm³/mol. The summed E-state index contributed by atoms with van der Waals surface area (Å²) in [5.74, 6) is -1.19. The smallest absolute Gasteiger partial charge is 0.335 e. The average molecular weight is 259 g/mol. The van der Waals surface area contributed by atoms with E-state index >= 15 is 0 Å². The van der Waals surface area contributed by atoms with Crippen LogP contribution in [-0.4, -0.2) is 18.1 Å². The highest BCUT2D eigenvalue weighted by atomic mass is 19.1. The second kappa shape index (κ2) is 5.10. The quantitative estimate of drug-likeness (QED) is 0.915. The van der Waals surface area contributed by atoms with E-state index in [4.69, 9.17) is 5.11 Å². The normalized spacial score (nSPS) is 10.3. The summed E-state index contributed by atoms with van der Waals surface area (Å²) < 4.78 is 13.2. The number of hydrogen-bond acceptors (Lipinski definition) is 2. The van der Waals surface area contributed by atoms with E-state index in [1.807, 2.05) is 11.9 Å². The Morgan fingerprint density at radius 1 is 1.11 bits per heavy atom. The first-order chi connectivity index (χ1) is 8.99. The number of carbonyl (C=O) groups is 1. The molecule has 0 aliphatic carbocycles. The van der Waals surface area contributed by atoms with Gasteiger partial charge in [0.05, 0.1) is 5.56 Å². The summed E-state index contributed by atoms with van der Waals surface area (Å²) >= 11 is 0. The van der Waals surface area contributed by atoms with Crippen molar-refractivity contribution in [2.75, 3.05) is 11.9 Å². The van der Waals surface area contributed by atoms with Crippen LogP contribution in [0.15, 0.2) is 42.5 Å². The molecule has 0 fully saturated rings. The molecule has 3 nitrogen and oxygen atoms in total. The fourth-order valence-corrected chi connectivity index (χ4v) is 1.81. The van der Waals surface area contributed by atoms with E-state index in [9.17, 15) is 9.18 Å². The number of carboxylic acid groups (broad SMARTS) is 1. The highest BCUT2D eigenvalue weighted by Gasteiger charge is 2.07. The maximum atomic E-state index is 13.2. The van der Waals surface area contributed by atoms with Crippen LogP contribution in [0.3, 0.4) is 0 Å². The van der Waals surface area contributed by atoms with Gasteiger partial charge in [0.25, 0.3) is 0 Å². The molecule has 0 unspecified atom stereocenters. The average Bonchev–Trinajstić information content (AvgIpc) is 2.41. The zero-order valence-corrected chi connectivity index (χ0v) is 10.7. The van der Waals surface area contributed by atoms with Crippen LogP contribution >= 0.6 is 0 Å². The van der Waals surface area contributed by atoms with Crippen LogP contribution in [0.2, 0.25) is 0 Å². The number of carboxylic acids is 1. The van der Waals surface area contributed by atoms with Crippen molar-refractivity contribution in [2.45, 2.75) is 6.92 Å². The zero-order valence-electron chi connectivity index (χ0n) is 10.7. The molecule has 0 heterocycles. The fraction of sp³-hybridized carbons (Fsp3) is 0.133. The van der Waals surface area contributed by atoms with Gasteiger partial charge in [-0.1, -0.05) is 0 Å². The number of rotatable bonds is 3. The topological polar surface area (TPSA) is 40.5 Å². The van der Waals surface area contributed by atoms with Crippen molar-refractivity contribution in [3.8, 4) is 0 Å². The number of hydrogen-bond donors (Lipinski definition) is 1. The Hall–Kier alpha value is -2.36. The molecular formula is C15H14FNO2. The van der Waals surface area contributed by atoms with Crippen LogP contribution in [0.1, 0.15) is 15.9 Å². The fourth-order valence-electron chi connectivity index (χ4n) is 1.81. The van der Waals surface area contributed by atoms with Crippen LogP contribution in [0.5, 0.6) is 0 Å². The molecule has 1 N–H and O–H groups in total. The molecule has 0 aromatic heterocycles. The zero-order chi connectivity index (χ0) is 14.0. The van der Waals surface area contributed by atoms with Crippen LogP contribution in [0.25, 0.3) is 0 Å². The number of aromatic carboxylic acids is 1. The highest BCUT2D eigenvalue weighted by molar-refractivity contribution is 5.88. The lowest BCUT2D eigenvalue weighted by atomic mass is 10.1. The minimum atomic E-state index is -0.952. The van der Waals surface area contributed by atoms with E-state index in [2.05, 4.69) is 0 Å². The molecule has 19 heavy (non-hydrogen) atoms. The van der Waals surface area contributed by atoms with Gasteiger partial charge in [-0.3, -0.25) is 0 Å². The monoisotopic (exact) mass is 259 g/mol. The van der Waals surface area contributed by atoms with E-state index < -0.39 is 5.97 Å². The lowest BCUT2D eigenvalue weighted by Crippen LogP contribution is -2.10. The van der Waals surface area contributed by atoms with E-state index in [1.54, 1.807) is 43.3 Å². The number of anilines is 2. The van der Waals surface area contributed by atoms with E-state index in [0.717, 1.165) is 11.4 Å². The highest BCUT2D eigenvalue weighted by Crippen LogP contribution is 2.25. The molecule has 0 aliphatic heterocycles. The molecule has 98 valence electrons. The third kappa shape index (κ3) is 2.73. The van der Waals surface area contributed by atoms with Crippen molar-refractivity contribution >= 4 is 17.3 Å². The van der Waals surface area contributed by atoms with Crippen molar-refractivity contribution in [1.29, 1.82) is 0 Å². The Bertz CT molecular complexity index is 608. The summed E-state index contributed by atoms with van der Waals surface area (Å²) in [6.07, 6.45) is 0. The van der Waals surface area contributed by atoms with Gasteiger partial charge >= 0.3 is 5.97 Å². The summed E-state index contributed by atoms with van der Waals surface area (Å²) in [5.41, 5.74) is 2.51. The molecule has 0 amide bonds. The Kier molecular flexibility index (Phi) is 3.51. The first kappa shape index (κ1) is 13.1. The maximum absolute atomic E-state index is 13.2. The van der Waals surface area contributed by atoms with Crippen molar-refractivity contribution in [3.63, 3.8) is 0 Å². The Balaban J connectivity index is 2.30. The summed E-state index contributed by atoms with van der Waals surface area (Å²) in [6, 6.07) is 11.4. The van der Waals surface area contributed by atoms with Crippen molar-refractivity contribution in [3.05, 3.63) is 59.4 Å². The van der Waals surface area contributed by atoms with Gasteiger partial charge in [0.1, 0.15) is 5.82 Å². The second-order valence-corrected chi connectivity index (χ2v) is 4.34. The first-order valence-electron chi connectivity index (χ1n) is 5.82. The molecule has 4 heteroatoms. The number of nitrogens with zero attached hydrogens (tertiary/aromatic N) is 1. The molecule has 0 bridgehead atoms. The molecule has 0 saturated carbocycles. The molecule has 0 atom stereocenters. The molecule has 2 rings (SSSR count). The summed E-state index contributed by atoms with van der Waals surface area (Å²) in [5, 5.41) is 8.84. The maximum Gasteiger partial charge on any atom is 0.335 e. The molecule has 2 aromatic rings. The van der Waals surface area contributed by atoms with Crippen LogP contribution in [0.4, 0.5) is 15.8 Å². The number of benzene rings is 2. The Labute approximate surface area is 110 Å². The van der Waals surface area contributed by atoms with Crippen molar-refractivity contribution < 1.29 is 14.3 Å². The van der Waals surface area contributed by atoms with E-state index in [1.165, 1.54) is 6.07 Å². The van der Waals surface area contributed by atoms with Gasteiger partial charge in [-0.2, -0.15) is 0 Å². The standard InChI is InChI=1S/C15H14FNO2/c1-10-9-13(7-8-14(10)16)17(2)12-5-3-11(4-6-12)15(18)19/h3-9H,1-2H3,(H,18,19). The molecule has 0 aliphatic rings. The predicted octanol–water partition coefficient (Wildman–Crippen LogP) is 3.60. The molecular weight excluding hydrogens is 245 g/mol. The molecule has 2 aromatic carbocycles. The van der Waals surface area contributed by atoms with Crippen LogP contribution in [0, 0.1) is 12.7 Å². The first-order valence-corrected chi connectivity index (χ1v) is 5.82. The second-order valence-electron chi connectivity index (χ2n) is 4.34. The van der Waals surface area contributed by atoms with Crippen LogP contribution < -0.4 is 4.90 Å². The van der Waals surface area contributed by atoms with Gasteiger partial charge < -0.3 is 10.0 Å². The summed E-state index contributed by atoms with van der Waals surface area (Å²) in [6.45, 7) is 1.71. The van der Waals surface area contributed by atoms with Gasteiger partial charge in [-0.05, 0) is 55.0 Å². The van der Waals surface area contributed by atoms with Gasteiger partial charge in [0.2, 0.25) is 0 Å². The largest absolute Gasteiger partial charge is 0.478 e. The molecule has 0 spiro atoms.